The van der Waals surface area contributed by atoms with Crippen molar-refractivity contribution >= 4 is 17.7 Å². The minimum absolute atomic E-state index is 0.0245. The summed E-state index contributed by atoms with van der Waals surface area (Å²) in [7, 11) is 0. The Bertz CT molecular complexity index is 847. The van der Waals surface area contributed by atoms with Crippen molar-refractivity contribution in [2.24, 2.45) is 0 Å². The first kappa shape index (κ1) is 17.2. The molecule has 2 aromatic carbocycles. The standard InChI is InChI=1S/C19H20N4OS/c1-14-8-6-7-11-17(14)23-13-20-22-19(23)25-12-18(24)21-15(2)16-9-4-3-5-10-16/h3-11,13,15H,12H2,1-2H3,(H,21,24)/t15-/m1/s1. The lowest BCUT2D eigenvalue weighted by Crippen LogP contribution is -2.28. The molecule has 1 N–H and O–H groups in total. The number of aryl methyl sites for hydroxylation is 1. The van der Waals surface area contributed by atoms with Crippen LogP contribution in [0.1, 0.15) is 24.1 Å². The summed E-state index contributed by atoms with van der Waals surface area (Å²) in [4.78, 5) is 12.2. The fourth-order valence-electron chi connectivity index (χ4n) is 2.56. The summed E-state index contributed by atoms with van der Waals surface area (Å²) in [6.07, 6.45) is 1.68. The molecule has 128 valence electrons. The number of nitrogens with one attached hydrogen (secondary N) is 1. The predicted octanol–water partition coefficient (Wildman–Crippen LogP) is 3.55. The summed E-state index contributed by atoms with van der Waals surface area (Å²) in [6.45, 7) is 4.02. The fourth-order valence-corrected chi connectivity index (χ4v) is 3.29. The van der Waals surface area contributed by atoms with Gasteiger partial charge in [0.25, 0.3) is 0 Å². The van der Waals surface area contributed by atoms with Crippen LogP contribution < -0.4 is 5.32 Å². The second kappa shape index (κ2) is 7.98. The van der Waals surface area contributed by atoms with Crippen molar-refractivity contribution in [1.29, 1.82) is 0 Å². The zero-order valence-electron chi connectivity index (χ0n) is 14.2. The molecular weight excluding hydrogens is 332 g/mol. The highest BCUT2D eigenvalue weighted by Crippen LogP contribution is 2.21. The van der Waals surface area contributed by atoms with Crippen molar-refractivity contribution in [1.82, 2.24) is 20.1 Å². The van der Waals surface area contributed by atoms with Crippen molar-refractivity contribution in [3.05, 3.63) is 72.1 Å². The Morgan fingerprint density at radius 1 is 1.16 bits per heavy atom. The second-order valence-electron chi connectivity index (χ2n) is 5.76. The van der Waals surface area contributed by atoms with Gasteiger partial charge in [-0.3, -0.25) is 9.36 Å². The number of nitrogens with zero attached hydrogens (tertiary/aromatic N) is 3. The molecule has 3 aromatic rings. The summed E-state index contributed by atoms with van der Waals surface area (Å²) in [5.74, 6) is 0.266. The first-order valence-electron chi connectivity index (χ1n) is 8.08. The van der Waals surface area contributed by atoms with Gasteiger partial charge in [-0.15, -0.1) is 10.2 Å². The summed E-state index contributed by atoms with van der Waals surface area (Å²) in [6, 6.07) is 17.9. The minimum Gasteiger partial charge on any atom is -0.349 e. The lowest BCUT2D eigenvalue weighted by atomic mass is 10.1. The van der Waals surface area contributed by atoms with Gasteiger partial charge in [0, 0.05) is 0 Å². The van der Waals surface area contributed by atoms with E-state index >= 15 is 0 Å². The van der Waals surface area contributed by atoms with Gasteiger partial charge in [0.1, 0.15) is 6.33 Å². The summed E-state index contributed by atoms with van der Waals surface area (Å²) >= 11 is 1.38. The van der Waals surface area contributed by atoms with Gasteiger partial charge in [-0.05, 0) is 31.0 Å². The van der Waals surface area contributed by atoms with Crippen LogP contribution in [0.25, 0.3) is 5.69 Å². The van der Waals surface area contributed by atoms with Crippen LogP contribution in [0.3, 0.4) is 0 Å². The molecule has 5 nitrogen and oxygen atoms in total. The molecular formula is C19H20N4OS. The van der Waals surface area contributed by atoms with E-state index in [0.29, 0.717) is 10.9 Å². The van der Waals surface area contributed by atoms with Crippen LogP contribution in [0.2, 0.25) is 0 Å². The maximum atomic E-state index is 12.2. The molecule has 1 amide bonds. The molecule has 0 spiro atoms. The molecule has 25 heavy (non-hydrogen) atoms. The molecule has 1 aromatic heterocycles. The highest BCUT2D eigenvalue weighted by molar-refractivity contribution is 7.99. The summed E-state index contributed by atoms with van der Waals surface area (Å²) in [5.41, 5.74) is 3.24. The van der Waals surface area contributed by atoms with Crippen LogP contribution in [0, 0.1) is 6.92 Å². The van der Waals surface area contributed by atoms with E-state index in [-0.39, 0.29) is 11.9 Å². The first-order chi connectivity index (χ1) is 12.1. The first-order valence-corrected chi connectivity index (χ1v) is 9.07. The average Bonchev–Trinajstić information content (AvgIpc) is 3.09. The molecule has 6 heteroatoms. The quantitative estimate of drug-likeness (QED) is 0.689. The normalized spacial score (nSPS) is 11.9. The van der Waals surface area contributed by atoms with E-state index in [1.165, 1.54) is 11.8 Å². The highest BCUT2D eigenvalue weighted by Gasteiger charge is 2.13. The number of amides is 1. The van der Waals surface area contributed by atoms with Gasteiger partial charge >= 0.3 is 0 Å². The third-order valence-electron chi connectivity index (χ3n) is 3.90. The van der Waals surface area contributed by atoms with E-state index in [9.17, 15) is 4.79 Å². The Morgan fingerprint density at radius 3 is 2.64 bits per heavy atom. The average molecular weight is 352 g/mol. The van der Waals surface area contributed by atoms with E-state index in [1.54, 1.807) is 6.33 Å². The number of hydrogen-bond donors (Lipinski definition) is 1. The van der Waals surface area contributed by atoms with Crippen LogP contribution in [0.4, 0.5) is 0 Å². The molecule has 1 heterocycles. The largest absolute Gasteiger partial charge is 0.349 e. The number of para-hydroxylation sites is 1. The predicted molar refractivity (Wildman–Crippen MR) is 99.8 cm³/mol. The van der Waals surface area contributed by atoms with Gasteiger partial charge in [-0.2, -0.15) is 0 Å². The zero-order valence-corrected chi connectivity index (χ0v) is 15.0. The van der Waals surface area contributed by atoms with Gasteiger partial charge in [-0.25, -0.2) is 0 Å². The van der Waals surface area contributed by atoms with Crippen molar-refractivity contribution in [2.75, 3.05) is 5.75 Å². The minimum atomic E-state index is -0.0271. The Morgan fingerprint density at radius 2 is 1.88 bits per heavy atom. The van der Waals surface area contributed by atoms with Gasteiger partial charge in [0.05, 0.1) is 17.5 Å². The molecule has 0 radical (unpaired) electrons. The Hall–Kier alpha value is -2.60. The lowest BCUT2D eigenvalue weighted by molar-refractivity contribution is -0.119. The number of benzene rings is 2. The van der Waals surface area contributed by atoms with E-state index in [1.807, 2.05) is 73.0 Å². The SMILES string of the molecule is Cc1ccccc1-n1cnnc1SCC(=O)N[C@H](C)c1ccccc1. The molecule has 1 atom stereocenters. The number of aromatic nitrogens is 3. The monoisotopic (exact) mass is 352 g/mol. The Balaban J connectivity index is 1.62. The number of hydrogen-bond acceptors (Lipinski definition) is 4. The van der Waals surface area contributed by atoms with Crippen molar-refractivity contribution in [3.63, 3.8) is 0 Å². The number of carbonyl (C=O) groups excluding carboxylic acids is 1. The van der Waals surface area contributed by atoms with E-state index in [4.69, 9.17) is 0 Å². The molecule has 0 aliphatic rings. The number of rotatable bonds is 6. The maximum absolute atomic E-state index is 12.2. The Kier molecular flexibility index (Phi) is 5.50. The van der Waals surface area contributed by atoms with Crippen molar-refractivity contribution < 1.29 is 4.79 Å². The smallest absolute Gasteiger partial charge is 0.230 e. The molecule has 0 fully saturated rings. The van der Waals surface area contributed by atoms with E-state index < -0.39 is 0 Å². The zero-order chi connectivity index (χ0) is 17.6. The fraction of sp³-hybridized carbons (Fsp3) is 0.211. The molecule has 0 bridgehead atoms. The van der Waals surface area contributed by atoms with Crippen LogP contribution >= 0.6 is 11.8 Å². The van der Waals surface area contributed by atoms with Crippen molar-refractivity contribution in [3.8, 4) is 5.69 Å². The van der Waals surface area contributed by atoms with Crippen LogP contribution in [-0.4, -0.2) is 26.4 Å². The number of thioether (sulfide) groups is 1. The summed E-state index contributed by atoms with van der Waals surface area (Å²) < 4.78 is 1.91. The molecule has 0 saturated carbocycles. The lowest BCUT2D eigenvalue weighted by Gasteiger charge is -2.14. The molecule has 0 saturated heterocycles. The Labute approximate surface area is 151 Å². The topological polar surface area (TPSA) is 59.8 Å². The van der Waals surface area contributed by atoms with Crippen LogP contribution in [0.5, 0.6) is 0 Å². The maximum Gasteiger partial charge on any atom is 0.230 e. The third-order valence-corrected chi connectivity index (χ3v) is 4.84. The van der Waals surface area contributed by atoms with E-state index in [0.717, 1.165) is 16.8 Å². The van der Waals surface area contributed by atoms with Gasteiger partial charge in [0.2, 0.25) is 5.91 Å². The van der Waals surface area contributed by atoms with Crippen LogP contribution in [0.15, 0.2) is 66.1 Å². The van der Waals surface area contributed by atoms with Gasteiger partial charge in [-0.1, -0.05) is 60.3 Å². The molecule has 3 rings (SSSR count). The molecule has 0 aliphatic heterocycles. The van der Waals surface area contributed by atoms with Gasteiger partial charge < -0.3 is 5.32 Å². The van der Waals surface area contributed by atoms with Gasteiger partial charge in [0.15, 0.2) is 5.16 Å². The number of carbonyl (C=O) groups is 1. The van der Waals surface area contributed by atoms with Crippen molar-refractivity contribution in [2.45, 2.75) is 25.0 Å². The molecule has 0 unspecified atom stereocenters. The highest BCUT2D eigenvalue weighted by atomic mass is 32.2. The third kappa shape index (κ3) is 4.28. The second-order valence-corrected chi connectivity index (χ2v) is 6.70. The summed E-state index contributed by atoms with van der Waals surface area (Å²) in [5, 5.41) is 11.8. The van der Waals surface area contributed by atoms with Crippen LogP contribution in [-0.2, 0) is 4.79 Å². The molecule has 0 aliphatic carbocycles. The van der Waals surface area contributed by atoms with E-state index in [2.05, 4.69) is 15.5 Å².